The molecule has 0 aromatic heterocycles. The number of nitrogen functional groups attached to an aromatic ring is 1. The minimum Gasteiger partial charge on any atom is -0.398 e. The van der Waals surface area contributed by atoms with Crippen LogP contribution in [-0.2, 0) is 6.42 Å². The lowest BCUT2D eigenvalue weighted by molar-refractivity contribution is 0.739. The number of nitrogens with one attached hydrogen (secondary N) is 1. The quantitative estimate of drug-likeness (QED) is 0.735. The monoisotopic (exact) mass is 213 g/mol. The predicted octanol–water partition coefficient (Wildman–Crippen LogP) is 1.71. The van der Waals surface area contributed by atoms with Crippen molar-refractivity contribution in [1.29, 1.82) is 5.26 Å². The summed E-state index contributed by atoms with van der Waals surface area (Å²) in [7, 11) is 0. The molecule has 1 aromatic carbocycles. The topological polar surface area (TPSA) is 61.8 Å². The molecule has 3 heteroatoms. The maximum Gasteiger partial charge on any atom is 0.0669 e. The van der Waals surface area contributed by atoms with Gasteiger partial charge in [-0.2, -0.15) is 5.26 Å². The lowest BCUT2D eigenvalue weighted by Crippen LogP contribution is -2.20. The van der Waals surface area contributed by atoms with Crippen LogP contribution in [0.4, 0.5) is 5.69 Å². The van der Waals surface area contributed by atoms with E-state index in [-0.39, 0.29) is 0 Å². The van der Waals surface area contributed by atoms with E-state index in [1.165, 1.54) is 5.57 Å². The fraction of sp³-hybridized carbons (Fsp3) is 0.308. The minimum absolute atomic E-state index is 0.443. The standard InChI is InChI=1S/C13H15N3/c14-6-3-10-1-2-13(15)12(9-10)11-4-7-16-8-5-11/h1-2,4,9,16H,3,5,7-8,15H2. The fourth-order valence-electron chi connectivity index (χ4n) is 1.95. The van der Waals surface area contributed by atoms with Gasteiger partial charge in [0.25, 0.3) is 0 Å². The van der Waals surface area contributed by atoms with Gasteiger partial charge in [0, 0.05) is 17.8 Å². The molecule has 16 heavy (non-hydrogen) atoms. The van der Waals surface area contributed by atoms with Gasteiger partial charge >= 0.3 is 0 Å². The highest BCUT2D eigenvalue weighted by molar-refractivity contribution is 5.76. The second-order valence-electron chi connectivity index (χ2n) is 3.94. The Morgan fingerprint density at radius 3 is 3.00 bits per heavy atom. The minimum atomic E-state index is 0.443. The highest BCUT2D eigenvalue weighted by Gasteiger charge is 2.09. The Bertz CT molecular complexity index is 455. The van der Waals surface area contributed by atoms with Crippen molar-refractivity contribution in [3.8, 4) is 6.07 Å². The normalized spacial score (nSPS) is 15.3. The smallest absolute Gasteiger partial charge is 0.0669 e. The molecule has 2 rings (SSSR count). The molecule has 82 valence electrons. The van der Waals surface area contributed by atoms with E-state index in [0.717, 1.165) is 36.3 Å². The van der Waals surface area contributed by atoms with Gasteiger partial charge in [-0.25, -0.2) is 0 Å². The molecule has 0 bridgehead atoms. The molecule has 0 fully saturated rings. The van der Waals surface area contributed by atoms with Crippen LogP contribution in [0.1, 0.15) is 17.5 Å². The number of nitriles is 1. The summed E-state index contributed by atoms with van der Waals surface area (Å²) in [6, 6.07) is 8.01. The molecule has 0 radical (unpaired) electrons. The highest BCUT2D eigenvalue weighted by atomic mass is 14.8. The van der Waals surface area contributed by atoms with Crippen LogP contribution in [0, 0.1) is 11.3 Å². The maximum absolute atomic E-state index is 8.68. The second kappa shape index (κ2) is 4.82. The van der Waals surface area contributed by atoms with Gasteiger partial charge in [-0.3, -0.25) is 0 Å². The number of nitrogens with two attached hydrogens (primary N) is 1. The van der Waals surface area contributed by atoms with Crippen LogP contribution in [0.25, 0.3) is 5.57 Å². The number of hydrogen-bond donors (Lipinski definition) is 2. The predicted molar refractivity (Wildman–Crippen MR) is 65.6 cm³/mol. The number of anilines is 1. The molecule has 1 aromatic rings. The molecule has 0 spiro atoms. The molecule has 1 aliphatic heterocycles. The van der Waals surface area contributed by atoms with Gasteiger partial charge < -0.3 is 11.1 Å². The summed E-state index contributed by atoms with van der Waals surface area (Å²) < 4.78 is 0. The van der Waals surface area contributed by atoms with Crippen molar-refractivity contribution in [3.63, 3.8) is 0 Å². The van der Waals surface area contributed by atoms with Gasteiger partial charge in [0.2, 0.25) is 0 Å². The first-order valence-corrected chi connectivity index (χ1v) is 5.47. The van der Waals surface area contributed by atoms with Crippen LogP contribution in [0.15, 0.2) is 24.3 Å². The maximum atomic E-state index is 8.68. The summed E-state index contributed by atoms with van der Waals surface area (Å²) in [5, 5.41) is 12.0. The van der Waals surface area contributed by atoms with Crippen molar-refractivity contribution in [2.45, 2.75) is 12.8 Å². The molecule has 0 amide bonds. The zero-order valence-electron chi connectivity index (χ0n) is 9.16. The fourth-order valence-corrected chi connectivity index (χ4v) is 1.95. The summed E-state index contributed by atoms with van der Waals surface area (Å²) in [5.74, 6) is 0. The molecular formula is C13H15N3. The van der Waals surface area contributed by atoms with E-state index in [9.17, 15) is 0 Å². The molecule has 3 nitrogen and oxygen atoms in total. The van der Waals surface area contributed by atoms with Crippen LogP contribution < -0.4 is 11.1 Å². The Morgan fingerprint density at radius 2 is 2.31 bits per heavy atom. The molecular weight excluding hydrogens is 198 g/mol. The van der Waals surface area contributed by atoms with Gasteiger partial charge in [0.1, 0.15) is 0 Å². The van der Waals surface area contributed by atoms with E-state index in [0.29, 0.717) is 6.42 Å². The lowest BCUT2D eigenvalue weighted by atomic mass is 9.96. The van der Waals surface area contributed by atoms with Crippen LogP contribution in [0.3, 0.4) is 0 Å². The lowest BCUT2D eigenvalue weighted by Gasteiger charge is -2.16. The Morgan fingerprint density at radius 1 is 1.44 bits per heavy atom. The first-order valence-electron chi connectivity index (χ1n) is 5.47. The second-order valence-corrected chi connectivity index (χ2v) is 3.94. The Hall–Kier alpha value is -1.79. The summed E-state index contributed by atoms with van der Waals surface area (Å²) in [6.45, 7) is 1.89. The molecule has 1 heterocycles. The number of benzene rings is 1. The average Bonchev–Trinajstić information content (AvgIpc) is 2.33. The third-order valence-corrected chi connectivity index (χ3v) is 2.81. The van der Waals surface area contributed by atoms with Gasteiger partial charge in [-0.05, 0) is 36.2 Å². The van der Waals surface area contributed by atoms with Crippen LogP contribution >= 0.6 is 0 Å². The zero-order valence-corrected chi connectivity index (χ0v) is 9.16. The van der Waals surface area contributed by atoms with Crippen LogP contribution in [0.5, 0.6) is 0 Å². The van der Waals surface area contributed by atoms with Gasteiger partial charge in [0.15, 0.2) is 0 Å². The van der Waals surface area contributed by atoms with E-state index in [4.69, 9.17) is 11.0 Å². The number of nitrogens with zero attached hydrogens (tertiary/aromatic N) is 1. The van der Waals surface area contributed by atoms with Crippen molar-refractivity contribution in [2.24, 2.45) is 0 Å². The van der Waals surface area contributed by atoms with Crippen molar-refractivity contribution in [1.82, 2.24) is 5.32 Å². The van der Waals surface area contributed by atoms with E-state index in [1.807, 2.05) is 18.2 Å². The molecule has 3 N–H and O–H groups in total. The first-order chi connectivity index (χ1) is 7.81. The molecule has 0 saturated carbocycles. The Labute approximate surface area is 95.6 Å². The third kappa shape index (κ3) is 2.23. The molecule has 0 saturated heterocycles. The van der Waals surface area contributed by atoms with Crippen LogP contribution in [-0.4, -0.2) is 13.1 Å². The summed E-state index contributed by atoms with van der Waals surface area (Å²) >= 11 is 0. The molecule has 1 aliphatic rings. The van der Waals surface area contributed by atoms with Gasteiger partial charge in [-0.1, -0.05) is 12.1 Å². The van der Waals surface area contributed by atoms with Crippen molar-refractivity contribution >= 4 is 11.3 Å². The third-order valence-electron chi connectivity index (χ3n) is 2.81. The van der Waals surface area contributed by atoms with E-state index < -0.39 is 0 Å². The van der Waals surface area contributed by atoms with E-state index >= 15 is 0 Å². The molecule has 0 atom stereocenters. The largest absolute Gasteiger partial charge is 0.398 e. The SMILES string of the molecule is N#CCc1ccc(N)c(C2=CCNCC2)c1. The van der Waals surface area contributed by atoms with Crippen molar-refractivity contribution in [2.75, 3.05) is 18.8 Å². The average molecular weight is 213 g/mol. The van der Waals surface area contributed by atoms with Gasteiger partial charge in [0.05, 0.1) is 12.5 Å². The first kappa shape index (κ1) is 10.7. The van der Waals surface area contributed by atoms with E-state index in [1.54, 1.807) is 0 Å². The Kier molecular flexibility index (Phi) is 3.23. The van der Waals surface area contributed by atoms with Crippen molar-refractivity contribution in [3.05, 3.63) is 35.4 Å². The summed E-state index contributed by atoms with van der Waals surface area (Å²) in [4.78, 5) is 0. The summed E-state index contributed by atoms with van der Waals surface area (Å²) in [6.07, 6.45) is 3.62. The highest BCUT2D eigenvalue weighted by Crippen LogP contribution is 2.26. The molecule has 0 aliphatic carbocycles. The summed E-state index contributed by atoms with van der Waals surface area (Å²) in [5.41, 5.74) is 10.2. The Balaban J connectivity index is 2.35. The number of rotatable bonds is 2. The van der Waals surface area contributed by atoms with E-state index in [2.05, 4.69) is 17.5 Å². The van der Waals surface area contributed by atoms with Gasteiger partial charge in [-0.15, -0.1) is 0 Å². The molecule has 0 unspecified atom stereocenters. The van der Waals surface area contributed by atoms with Crippen molar-refractivity contribution < 1.29 is 0 Å². The van der Waals surface area contributed by atoms with Crippen LogP contribution in [0.2, 0.25) is 0 Å². The zero-order chi connectivity index (χ0) is 11.4. The number of hydrogen-bond acceptors (Lipinski definition) is 3.